The summed E-state index contributed by atoms with van der Waals surface area (Å²) in [5, 5.41) is 8.90. The van der Waals surface area contributed by atoms with Crippen LogP contribution in [0.15, 0.2) is 72.8 Å². The highest BCUT2D eigenvalue weighted by Gasteiger charge is 2.38. The predicted octanol–water partition coefficient (Wildman–Crippen LogP) is 4.88. The van der Waals surface area contributed by atoms with Gasteiger partial charge in [-0.25, -0.2) is 0 Å². The van der Waals surface area contributed by atoms with Gasteiger partial charge in [0.15, 0.2) is 0 Å². The number of hydrogen-bond donors (Lipinski definition) is 2. The molecule has 0 unspecified atom stereocenters. The number of hydrogen-bond acceptors (Lipinski definition) is 3. The largest absolute Gasteiger partial charge is 0.356 e. The zero-order valence-electron chi connectivity index (χ0n) is 21.8. The molecule has 194 valence electrons. The minimum atomic E-state index is -0.350. The Kier molecular flexibility index (Phi) is 8.20. The molecule has 0 aromatic heterocycles. The van der Waals surface area contributed by atoms with Crippen LogP contribution in [0.3, 0.4) is 0 Å². The molecular weight excluding hydrogens is 458 g/mol. The van der Waals surface area contributed by atoms with Crippen LogP contribution in [0.5, 0.6) is 0 Å². The molecular formula is C32H39N3O2. The van der Waals surface area contributed by atoms with Crippen molar-refractivity contribution in [3.63, 3.8) is 0 Å². The topological polar surface area (TPSA) is 61.4 Å². The molecule has 2 atom stereocenters. The van der Waals surface area contributed by atoms with Gasteiger partial charge in [0, 0.05) is 38.0 Å². The van der Waals surface area contributed by atoms with Crippen LogP contribution < -0.4 is 10.6 Å². The fourth-order valence-corrected chi connectivity index (χ4v) is 6.15. The van der Waals surface area contributed by atoms with Gasteiger partial charge in [0.25, 0.3) is 0 Å². The molecule has 0 spiro atoms. The van der Waals surface area contributed by atoms with Crippen molar-refractivity contribution in [1.29, 1.82) is 0 Å². The average molecular weight is 498 g/mol. The Bertz CT molecular complexity index is 1210. The molecule has 0 aliphatic carbocycles. The summed E-state index contributed by atoms with van der Waals surface area (Å²) in [5.41, 5.74) is 2.27. The number of piperidine rings is 1. The van der Waals surface area contributed by atoms with Gasteiger partial charge in [-0.3, -0.25) is 9.59 Å². The van der Waals surface area contributed by atoms with Gasteiger partial charge in [0.05, 0.1) is 0 Å². The van der Waals surface area contributed by atoms with E-state index < -0.39 is 0 Å². The Morgan fingerprint density at radius 2 is 1.84 bits per heavy atom. The van der Waals surface area contributed by atoms with Crippen LogP contribution in [-0.4, -0.2) is 48.4 Å². The van der Waals surface area contributed by atoms with Crippen molar-refractivity contribution in [2.24, 2.45) is 5.92 Å². The number of benzene rings is 3. The summed E-state index contributed by atoms with van der Waals surface area (Å²) in [5.74, 6) is 0.697. The van der Waals surface area contributed by atoms with Crippen LogP contribution in [0, 0.1) is 5.92 Å². The van der Waals surface area contributed by atoms with Gasteiger partial charge in [-0.2, -0.15) is 0 Å². The lowest BCUT2D eigenvalue weighted by molar-refractivity contribution is -0.123. The Morgan fingerprint density at radius 3 is 2.68 bits per heavy atom. The number of nitrogens with zero attached hydrogens (tertiary/aromatic N) is 1. The molecule has 0 radical (unpaired) electrons. The molecule has 2 aliphatic rings. The van der Waals surface area contributed by atoms with Gasteiger partial charge in [0.2, 0.25) is 11.8 Å². The van der Waals surface area contributed by atoms with Crippen LogP contribution in [-0.2, 0) is 22.4 Å². The van der Waals surface area contributed by atoms with Crippen molar-refractivity contribution in [2.45, 2.75) is 56.9 Å². The molecule has 2 heterocycles. The van der Waals surface area contributed by atoms with Crippen LogP contribution >= 0.6 is 0 Å². The van der Waals surface area contributed by atoms with E-state index in [2.05, 4.69) is 88.3 Å². The summed E-state index contributed by atoms with van der Waals surface area (Å²) in [7, 11) is 0. The van der Waals surface area contributed by atoms with Crippen LogP contribution in [0.25, 0.3) is 10.8 Å². The monoisotopic (exact) mass is 497 g/mol. The van der Waals surface area contributed by atoms with Gasteiger partial charge < -0.3 is 15.5 Å². The maximum Gasteiger partial charge on any atom is 0.220 e. The van der Waals surface area contributed by atoms with Crippen LogP contribution in [0.2, 0.25) is 0 Å². The van der Waals surface area contributed by atoms with E-state index in [1.54, 1.807) is 0 Å². The molecule has 2 fully saturated rings. The fourth-order valence-electron chi connectivity index (χ4n) is 6.15. The molecule has 3 aromatic carbocycles. The van der Waals surface area contributed by atoms with Gasteiger partial charge in [-0.05, 0) is 72.9 Å². The normalized spacial score (nSPS) is 22.2. The Labute approximate surface area is 220 Å². The van der Waals surface area contributed by atoms with Crippen molar-refractivity contribution in [1.82, 2.24) is 15.5 Å². The first kappa shape index (κ1) is 25.5. The van der Waals surface area contributed by atoms with Crippen molar-refractivity contribution < 1.29 is 9.59 Å². The number of nitrogens with one attached hydrogen (secondary N) is 2. The molecule has 3 aromatic rings. The summed E-state index contributed by atoms with van der Waals surface area (Å²) >= 11 is 0. The number of carbonyl (C=O) groups excluding carboxylic acids is 2. The summed E-state index contributed by atoms with van der Waals surface area (Å²) in [6.45, 7) is 4.01. The minimum absolute atomic E-state index is 0.0958. The van der Waals surface area contributed by atoms with Gasteiger partial charge in [-0.1, -0.05) is 72.8 Å². The minimum Gasteiger partial charge on any atom is -0.356 e. The zero-order chi connectivity index (χ0) is 25.5. The lowest BCUT2D eigenvalue weighted by Crippen LogP contribution is -2.45. The predicted molar refractivity (Wildman–Crippen MR) is 149 cm³/mol. The zero-order valence-corrected chi connectivity index (χ0v) is 21.8. The summed E-state index contributed by atoms with van der Waals surface area (Å²) in [4.78, 5) is 27.7. The highest BCUT2D eigenvalue weighted by molar-refractivity contribution is 5.86. The molecule has 2 N–H and O–H groups in total. The SMILES string of the molecule is O=C(CC[C@]1(Cc2cccc3ccccc23)CCC(=O)N1)NC[C@H]1CCCN(CCc2ccccc2)C1. The van der Waals surface area contributed by atoms with E-state index >= 15 is 0 Å². The number of amides is 2. The second-order valence-electron chi connectivity index (χ2n) is 11.0. The van der Waals surface area contributed by atoms with Gasteiger partial charge in [-0.15, -0.1) is 0 Å². The first-order chi connectivity index (χ1) is 18.1. The second kappa shape index (κ2) is 11.9. The van der Waals surface area contributed by atoms with E-state index in [-0.39, 0.29) is 17.4 Å². The third-order valence-corrected chi connectivity index (χ3v) is 8.23. The first-order valence-corrected chi connectivity index (χ1v) is 13.9. The molecule has 2 aliphatic heterocycles. The Hall–Kier alpha value is -3.18. The van der Waals surface area contributed by atoms with Crippen molar-refractivity contribution in [3.05, 3.63) is 83.9 Å². The quantitative estimate of drug-likeness (QED) is 0.420. The standard InChI is InChI=1S/C32H39N3O2/c36-30(33-23-26-10-7-20-35(24-26)21-17-25-8-2-1-3-9-25)15-18-32(19-16-31(37)34-32)22-28-13-6-12-27-11-4-5-14-29(27)28/h1-6,8-9,11-14,26H,7,10,15-24H2,(H,33,36)(H,34,37)/t26-,32-/m1/s1. The molecule has 2 saturated heterocycles. The molecule has 37 heavy (non-hydrogen) atoms. The lowest BCUT2D eigenvalue weighted by atomic mass is 9.83. The van der Waals surface area contributed by atoms with Crippen molar-refractivity contribution in [3.8, 4) is 0 Å². The highest BCUT2D eigenvalue weighted by Crippen LogP contribution is 2.32. The number of likely N-dealkylation sites (tertiary alicyclic amines) is 1. The van der Waals surface area contributed by atoms with E-state index in [1.807, 2.05) is 0 Å². The molecule has 0 bridgehead atoms. The van der Waals surface area contributed by atoms with Crippen molar-refractivity contribution >= 4 is 22.6 Å². The lowest BCUT2D eigenvalue weighted by Gasteiger charge is -2.33. The molecule has 0 saturated carbocycles. The third-order valence-electron chi connectivity index (χ3n) is 8.23. The van der Waals surface area contributed by atoms with E-state index in [1.165, 1.54) is 34.7 Å². The smallest absolute Gasteiger partial charge is 0.220 e. The summed E-state index contributed by atoms with van der Waals surface area (Å²) in [6, 6.07) is 25.4. The maximum absolute atomic E-state index is 12.9. The molecule has 2 amide bonds. The van der Waals surface area contributed by atoms with Crippen molar-refractivity contribution in [2.75, 3.05) is 26.2 Å². The second-order valence-corrected chi connectivity index (χ2v) is 11.0. The van der Waals surface area contributed by atoms with E-state index in [0.29, 0.717) is 25.2 Å². The maximum atomic E-state index is 12.9. The Balaban J connectivity index is 1.12. The fraction of sp³-hybridized carbons (Fsp3) is 0.438. The number of fused-ring (bicyclic) bond motifs is 1. The van der Waals surface area contributed by atoms with E-state index in [0.717, 1.165) is 45.4 Å². The number of carbonyl (C=O) groups is 2. The van der Waals surface area contributed by atoms with E-state index in [9.17, 15) is 9.59 Å². The average Bonchev–Trinajstić information content (AvgIpc) is 3.31. The van der Waals surface area contributed by atoms with Crippen LogP contribution in [0.4, 0.5) is 0 Å². The molecule has 5 rings (SSSR count). The van der Waals surface area contributed by atoms with Gasteiger partial charge in [0.1, 0.15) is 0 Å². The highest BCUT2D eigenvalue weighted by atomic mass is 16.2. The molecule has 5 heteroatoms. The molecule has 5 nitrogen and oxygen atoms in total. The number of rotatable bonds is 10. The summed E-state index contributed by atoms with van der Waals surface area (Å²) < 4.78 is 0. The van der Waals surface area contributed by atoms with E-state index in [4.69, 9.17) is 0 Å². The van der Waals surface area contributed by atoms with Gasteiger partial charge >= 0.3 is 0 Å². The summed E-state index contributed by atoms with van der Waals surface area (Å²) in [6.07, 6.45) is 6.61. The van der Waals surface area contributed by atoms with Crippen LogP contribution in [0.1, 0.15) is 49.7 Å². The first-order valence-electron chi connectivity index (χ1n) is 13.9. The Morgan fingerprint density at radius 1 is 1.03 bits per heavy atom. The third kappa shape index (κ3) is 6.78.